The number of hydrogen-bond acceptors (Lipinski definition) is 10. The number of unbranched alkanes of at least 4 members (excludes halogenated alkanes) is 4. The van der Waals surface area contributed by atoms with Crippen LogP contribution in [0.2, 0.25) is 0 Å². The third kappa shape index (κ3) is 8.35. The van der Waals surface area contributed by atoms with E-state index >= 15 is 0 Å². The van der Waals surface area contributed by atoms with Gasteiger partial charge in [0.05, 0.1) is 18.1 Å². The highest BCUT2D eigenvalue weighted by molar-refractivity contribution is 7.90. The van der Waals surface area contributed by atoms with Crippen molar-refractivity contribution < 1.29 is 41.6 Å². The number of amides is 1. The Kier molecular flexibility index (Phi) is 10.6. The molecule has 3 saturated heterocycles. The lowest BCUT2D eigenvalue weighted by Gasteiger charge is -2.35. The van der Waals surface area contributed by atoms with Crippen LogP contribution in [0.5, 0.6) is 0 Å². The van der Waals surface area contributed by atoms with Crippen LogP contribution in [-0.2, 0) is 38.4 Å². The van der Waals surface area contributed by atoms with Crippen molar-refractivity contribution in [1.82, 2.24) is 9.62 Å². The Morgan fingerprint density at radius 2 is 1.82 bits per heavy atom. The molecule has 0 spiro atoms. The highest BCUT2D eigenvalue weighted by Crippen LogP contribution is 2.40. The minimum absolute atomic E-state index is 0.0355. The van der Waals surface area contributed by atoms with E-state index in [9.17, 15) is 13.2 Å². The minimum atomic E-state index is -4.11. The first kappa shape index (κ1) is 30.2. The summed E-state index contributed by atoms with van der Waals surface area (Å²) in [6.45, 7) is 9.01. The van der Waals surface area contributed by atoms with Gasteiger partial charge in [-0.25, -0.2) is 17.9 Å². The summed E-state index contributed by atoms with van der Waals surface area (Å²) in [6, 6.07) is 7.67. The smallest absolute Gasteiger partial charge is 0.421 e. The molecule has 0 bridgehead atoms. The van der Waals surface area contributed by atoms with Crippen LogP contribution in [0.1, 0.15) is 52.9 Å². The van der Waals surface area contributed by atoms with E-state index in [-0.39, 0.29) is 4.90 Å². The summed E-state index contributed by atoms with van der Waals surface area (Å²) in [4.78, 5) is 15.0. The second kappa shape index (κ2) is 13.7. The van der Waals surface area contributed by atoms with E-state index in [0.29, 0.717) is 39.5 Å². The van der Waals surface area contributed by atoms with Crippen LogP contribution >= 0.6 is 0 Å². The molecular formula is C27H42N2O9S. The molecule has 1 aromatic rings. The third-order valence-corrected chi connectivity index (χ3v) is 8.35. The van der Waals surface area contributed by atoms with Crippen LogP contribution in [0, 0.1) is 0 Å². The van der Waals surface area contributed by atoms with Crippen molar-refractivity contribution in [2.45, 2.75) is 94.3 Å². The van der Waals surface area contributed by atoms with Gasteiger partial charge in [-0.2, -0.15) is 0 Å². The predicted molar refractivity (Wildman–Crippen MR) is 141 cm³/mol. The van der Waals surface area contributed by atoms with Crippen LogP contribution < -0.4 is 4.72 Å². The van der Waals surface area contributed by atoms with Crippen molar-refractivity contribution in [1.29, 1.82) is 0 Å². The summed E-state index contributed by atoms with van der Waals surface area (Å²) in [5.74, 6) is -0.843. The Morgan fingerprint density at radius 3 is 2.54 bits per heavy atom. The molecule has 1 aromatic carbocycles. The van der Waals surface area contributed by atoms with Crippen molar-refractivity contribution in [3.8, 4) is 0 Å². The lowest BCUT2D eigenvalue weighted by Crippen LogP contribution is -2.52. The highest BCUT2D eigenvalue weighted by atomic mass is 32.2. The number of sulfonamides is 1. The normalized spacial score (nSPS) is 27.7. The number of nitrogens with zero attached hydrogens (tertiary/aromatic N) is 1. The van der Waals surface area contributed by atoms with Gasteiger partial charge in [-0.3, -0.25) is 4.90 Å². The number of hydrogen-bond donors (Lipinski definition) is 1. The number of carbonyl (C=O) groups excluding carboxylic acids is 1. The Hall–Kier alpha value is -1.80. The molecule has 3 fully saturated rings. The number of nitrogens with one attached hydrogen (secondary N) is 1. The standard InChI is InChI=1S/C27H42N2O9S/c1-4-5-6-7-11-16-34-23-22(36-25-24(23)37-27(2,3)38-25)21(19-29-14-17-33-18-15-29)35-26(30)28-39(31,32)20-12-9-8-10-13-20/h8-10,12-13,21-25H,4-7,11,14-19H2,1-3H3,(H,28,30)/t21-,22-,23+,24-,25-/m1/s1. The number of morpholine rings is 1. The Morgan fingerprint density at radius 1 is 1.10 bits per heavy atom. The van der Waals surface area contributed by atoms with Gasteiger partial charge in [-0.05, 0) is 32.4 Å². The van der Waals surface area contributed by atoms with Gasteiger partial charge in [-0.15, -0.1) is 0 Å². The van der Waals surface area contributed by atoms with Gasteiger partial charge in [0.25, 0.3) is 10.0 Å². The molecule has 3 heterocycles. The summed E-state index contributed by atoms with van der Waals surface area (Å²) in [5, 5.41) is 0. The van der Waals surface area contributed by atoms with E-state index in [1.807, 2.05) is 18.6 Å². The summed E-state index contributed by atoms with van der Waals surface area (Å²) in [7, 11) is -4.11. The quantitative estimate of drug-likeness (QED) is 0.354. The van der Waals surface area contributed by atoms with Crippen LogP contribution in [-0.4, -0.2) is 95.4 Å². The second-order valence-electron chi connectivity index (χ2n) is 10.6. The molecule has 0 saturated carbocycles. The van der Waals surface area contributed by atoms with Crippen LogP contribution in [0.3, 0.4) is 0 Å². The Bertz CT molecular complexity index is 1020. The molecule has 3 aliphatic rings. The molecule has 0 aliphatic carbocycles. The molecular weight excluding hydrogens is 528 g/mol. The fraction of sp³-hybridized carbons (Fsp3) is 0.741. The third-order valence-electron chi connectivity index (χ3n) is 7.02. The van der Waals surface area contributed by atoms with Crippen molar-refractivity contribution in [3.05, 3.63) is 30.3 Å². The number of rotatable bonds is 13. The van der Waals surface area contributed by atoms with Crippen LogP contribution in [0.15, 0.2) is 35.2 Å². The average molecular weight is 571 g/mol. The van der Waals surface area contributed by atoms with Crippen molar-refractivity contribution >= 4 is 16.1 Å². The molecule has 0 unspecified atom stereocenters. The number of benzene rings is 1. The van der Waals surface area contributed by atoms with Gasteiger partial charge in [0.2, 0.25) is 0 Å². The van der Waals surface area contributed by atoms with E-state index in [1.54, 1.807) is 18.2 Å². The summed E-state index contributed by atoms with van der Waals surface area (Å²) in [5.41, 5.74) is 0. The molecule has 39 heavy (non-hydrogen) atoms. The van der Waals surface area contributed by atoms with Crippen LogP contribution in [0.25, 0.3) is 0 Å². The molecule has 1 amide bonds. The van der Waals surface area contributed by atoms with Gasteiger partial charge in [0.1, 0.15) is 24.4 Å². The van der Waals surface area contributed by atoms with E-state index in [2.05, 4.69) is 11.8 Å². The molecule has 0 radical (unpaired) electrons. The number of ether oxygens (including phenoxy) is 6. The first-order valence-electron chi connectivity index (χ1n) is 13.9. The van der Waals surface area contributed by atoms with Crippen molar-refractivity contribution in [2.24, 2.45) is 0 Å². The average Bonchev–Trinajstić information content (AvgIpc) is 3.38. The monoisotopic (exact) mass is 570 g/mol. The SMILES string of the molecule is CCCCCCCO[C@@H]1[C@H]2OC(C)(C)O[C@H]2O[C@@H]1[C@@H](CN1CCOCC1)OC(=O)NS(=O)(=O)c1ccccc1. The van der Waals surface area contributed by atoms with E-state index < -0.39 is 52.6 Å². The summed E-state index contributed by atoms with van der Waals surface area (Å²) >= 11 is 0. The molecule has 3 aliphatic heterocycles. The maximum Gasteiger partial charge on any atom is 0.421 e. The predicted octanol–water partition coefficient (Wildman–Crippen LogP) is 3.03. The summed E-state index contributed by atoms with van der Waals surface area (Å²) in [6.07, 6.45) is 1.00. The first-order chi connectivity index (χ1) is 18.7. The lowest BCUT2D eigenvalue weighted by atomic mass is 10.0. The first-order valence-corrected chi connectivity index (χ1v) is 15.4. The summed E-state index contributed by atoms with van der Waals surface area (Å²) < 4.78 is 63.4. The van der Waals surface area contributed by atoms with Gasteiger partial charge in [-0.1, -0.05) is 50.8 Å². The fourth-order valence-corrected chi connectivity index (χ4v) is 6.00. The molecule has 4 rings (SSSR count). The van der Waals surface area contributed by atoms with Gasteiger partial charge in [0, 0.05) is 26.2 Å². The largest absolute Gasteiger partial charge is 0.441 e. The topological polar surface area (TPSA) is 122 Å². The highest BCUT2D eigenvalue weighted by Gasteiger charge is 2.58. The second-order valence-corrected chi connectivity index (χ2v) is 12.3. The maximum atomic E-state index is 12.9. The van der Waals surface area contributed by atoms with E-state index in [0.717, 1.165) is 25.7 Å². The van der Waals surface area contributed by atoms with Gasteiger partial charge < -0.3 is 28.4 Å². The molecule has 11 nitrogen and oxygen atoms in total. The maximum absolute atomic E-state index is 12.9. The molecule has 220 valence electrons. The van der Waals surface area contributed by atoms with Gasteiger partial charge >= 0.3 is 6.09 Å². The zero-order chi connectivity index (χ0) is 27.9. The van der Waals surface area contributed by atoms with E-state index in [4.69, 9.17) is 28.4 Å². The fourth-order valence-electron chi connectivity index (χ4n) is 5.09. The molecule has 12 heteroatoms. The minimum Gasteiger partial charge on any atom is -0.441 e. The zero-order valence-corrected chi connectivity index (χ0v) is 23.9. The van der Waals surface area contributed by atoms with Gasteiger partial charge in [0.15, 0.2) is 12.1 Å². The Labute approximate surface area is 231 Å². The number of fused-ring (bicyclic) bond motifs is 1. The van der Waals surface area contributed by atoms with Crippen LogP contribution in [0.4, 0.5) is 4.79 Å². The molecule has 5 atom stereocenters. The lowest BCUT2D eigenvalue weighted by molar-refractivity contribution is -0.230. The van der Waals surface area contributed by atoms with E-state index in [1.165, 1.54) is 18.6 Å². The molecule has 1 N–H and O–H groups in total. The van der Waals surface area contributed by atoms with Crippen molar-refractivity contribution in [2.75, 3.05) is 39.5 Å². The Balaban J connectivity index is 1.48. The zero-order valence-electron chi connectivity index (χ0n) is 23.1. The number of carbonyl (C=O) groups is 1. The van der Waals surface area contributed by atoms with Crippen molar-refractivity contribution in [3.63, 3.8) is 0 Å². The molecule has 0 aromatic heterocycles.